The van der Waals surface area contributed by atoms with E-state index in [0.717, 1.165) is 53.5 Å². The normalized spacial score (nSPS) is 28.4. The average molecular weight is 511 g/mol. The zero-order valence-corrected chi connectivity index (χ0v) is 21.6. The third-order valence-corrected chi connectivity index (χ3v) is 9.42. The van der Waals surface area contributed by atoms with Gasteiger partial charge in [-0.1, -0.05) is 30.3 Å². The summed E-state index contributed by atoms with van der Waals surface area (Å²) in [5.74, 6) is 1.73. The molecule has 38 heavy (non-hydrogen) atoms. The lowest BCUT2D eigenvalue weighted by atomic mass is 9.53. The van der Waals surface area contributed by atoms with Crippen LogP contribution in [0.25, 0.3) is 10.9 Å². The van der Waals surface area contributed by atoms with Crippen molar-refractivity contribution < 1.29 is 14.4 Å². The van der Waals surface area contributed by atoms with Crippen molar-refractivity contribution >= 4 is 28.6 Å². The fraction of sp³-hybridized carbons (Fsp3) is 0.452. The Balaban J connectivity index is 1.12. The first-order valence-electron chi connectivity index (χ1n) is 14.0. The molecule has 3 aromatic rings. The molecule has 5 aliphatic rings. The van der Waals surface area contributed by atoms with E-state index in [4.69, 9.17) is 0 Å². The monoisotopic (exact) mass is 510 g/mol. The van der Waals surface area contributed by atoms with Crippen LogP contribution in [-0.4, -0.2) is 57.7 Å². The summed E-state index contributed by atoms with van der Waals surface area (Å²) in [6.07, 6.45) is 9.13. The van der Waals surface area contributed by atoms with E-state index < -0.39 is 0 Å². The first-order valence-corrected chi connectivity index (χ1v) is 14.0. The van der Waals surface area contributed by atoms with E-state index in [1.807, 2.05) is 30.5 Å². The van der Waals surface area contributed by atoms with Gasteiger partial charge in [0.25, 0.3) is 11.8 Å². The topological polar surface area (TPSA) is 85.5 Å². The summed E-state index contributed by atoms with van der Waals surface area (Å²) in [7, 11) is 0. The first-order chi connectivity index (χ1) is 18.5. The molecular formula is C31H34N4O3. The highest BCUT2D eigenvalue weighted by Gasteiger charge is 2.51. The number of carbonyl (C=O) groups excluding carboxylic acids is 3. The number of amides is 3. The predicted molar refractivity (Wildman–Crippen MR) is 144 cm³/mol. The first kappa shape index (κ1) is 23.5. The largest absolute Gasteiger partial charge is 0.361 e. The predicted octanol–water partition coefficient (Wildman–Crippen LogP) is 4.35. The van der Waals surface area contributed by atoms with E-state index >= 15 is 0 Å². The third kappa shape index (κ3) is 4.08. The van der Waals surface area contributed by atoms with Crippen LogP contribution in [0.4, 0.5) is 0 Å². The summed E-state index contributed by atoms with van der Waals surface area (Å²) in [6, 6.07) is 15.0. The second kappa shape index (κ2) is 9.00. The van der Waals surface area contributed by atoms with E-state index in [2.05, 4.69) is 10.3 Å². The van der Waals surface area contributed by atoms with E-state index in [9.17, 15) is 14.4 Å². The van der Waals surface area contributed by atoms with Crippen LogP contribution in [0, 0.1) is 17.8 Å². The number of benzene rings is 2. The smallest absolute Gasteiger partial charge is 0.255 e. The number of nitrogens with one attached hydrogen (secondary N) is 2. The quantitative estimate of drug-likeness (QED) is 0.535. The van der Waals surface area contributed by atoms with Crippen molar-refractivity contribution in [2.75, 3.05) is 19.6 Å². The molecule has 1 aromatic heterocycles. The van der Waals surface area contributed by atoms with Crippen molar-refractivity contribution in [3.05, 3.63) is 71.4 Å². The molecule has 8 rings (SSSR count). The summed E-state index contributed by atoms with van der Waals surface area (Å²) >= 11 is 0. The maximum atomic E-state index is 13.6. The van der Waals surface area contributed by atoms with Crippen molar-refractivity contribution in [3.63, 3.8) is 0 Å². The summed E-state index contributed by atoms with van der Waals surface area (Å²) in [6.45, 7) is 1.13. The maximum Gasteiger partial charge on any atom is 0.255 e. The average Bonchev–Trinajstić information content (AvgIpc) is 3.30. The summed E-state index contributed by atoms with van der Waals surface area (Å²) in [5, 5.41) is 4.49. The van der Waals surface area contributed by atoms with Crippen LogP contribution in [0.15, 0.2) is 54.7 Å². The molecule has 0 saturated heterocycles. The summed E-state index contributed by atoms with van der Waals surface area (Å²) in [4.78, 5) is 47.3. The van der Waals surface area contributed by atoms with Crippen LogP contribution >= 0.6 is 0 Å². The lowest BCUT2D eigenvalue weighted by Crippen LogP contribution is -2.61. The fourth-order valence-electron chi connectivity index (χ4n) is 8.18. The van der Waals surface area contributed by atoms with Gasteiger partial charge in [0.1, 0.15) is 0 Å². The molecule has 0 unspecified atom stereocenters. The van der Waals surface area contributed by atoms with Gasteiger partial charge in [0.2, 0.25) is 5.91 Å². The molecule has 3 amide bonds. The minimum Gasteiger partial charge on any atom is -0.361 e. The number of hydrogen-bond donors (Lipinski definition) is 2. The Labute approximate surface area is 222 Å². The molecule has 2 heterocycles. The van der Waals surface area contributed by atoms with Crippen molar-refractivity contribution in [1.29, 1.82) is 0 Å². The second-order valence-corrected chi connectivity index (χ2v) is 12.1. The van der Waals surface area contributed by atoms with Crippen LogP contribution < -0.4 is 5.32 Å². The number of para-hydroxylation sites is 1. The number of aromatic nitrogens is 1. The van der Waals surface area contributed by atoms with Gasteiger partial charge in [-0.15, -0.1) is 0 Å². The number of carbonyl (C=O) groups is 3. The SMILES string of the molecule is O=C(CN1CCN(Cc2c[nH]c3ccccc23)C(=O)c2ccccc2C1=O)NC12CC3CC(CC(C3)C1)C2. The van der Waals surface area contributed by atoms with Crippen molar-refractivity contribution in [2.45, 2.75) is 50.6 Å². The van der Waals surface area contributed by atoms with Crippen molar-refractivity contribution in [3.8, 4) is 0 Å². The zero-order valence-electron chi connectivity index (χ0n) is 21.6. The minimum absolute atomic E-state index is 0.0179. The summed E-state index contributed by atoms with van der Waals surface area (Å²) in [5.41, 5.74) is 2.73. The lowest BCUT2D eigenvalue weighted by Gasteiger charge is -2.57. The highest BCUT2D eigenvalue weighted by atomic mass is 16.2. The standard InChI is InChI=1S/C31H34N4O3/c36-28(33-31-14-20-11-21(15-31)13-22(12-20)16-31)19-35-10-9-34(18-23-17-32-27-8-4-3-5-24(23)27)29(37)25-6-1-2-7-26(25)30(35)38/h1-8,17,20-22,32H,9-16,18-19H2,(H,33,36). The minimum atomic E-state index is -0.249. The highest BCUT2D eigenvalue weighted by molar-refractivity contribution is 6.08. The molecule has 2 N–H and O–H groups in total. The van der Waals surface area contributed by atoms with Gasteiger partial charge in [-0.2, -0.15) is 0 Å². The van der Waals surface area contributed by atoms with Gasteiger partial charge in [-0.25, -0.2) is 0 Å². The van der Waals surface area contributed by atoms with Crippen LogP contribution in [0.5, 0.6) is 0 Å². The van der Waals surface area contributed by atoms with Gasteiger partial charge in [0, 0.05) is 42.3 Å². The Morgan fingerprint density at radius 1 is 0.842 bits per heavy atom. The van der Waals surface area contributed by atoms with Gasteiger partial charge in [0.05, 0.1) is 17.7 Å². The van der Waals surface area contributed by atoms with E-state index in [1.54, 1.807) is 34.1 Å². The Kier molecular flexibility index (Phi) is 5.57. The Morgan fingerprint density at radius 3 is 2.11 bits per heavy atom. The molecule has 4 bridgehead atoms. The van der Waals surface area contributed by atoms with Gasteiger partial charge in [-0.3, -0.25) is 14.4 Å². The van der Waals surface area contributed by atoms with E-state index in [1.165, 1.54) is 19.3 Å². The van der Waals surface area contributed by atoms with Crippen LogP contribution in [0.2, 0.25) is 0 Å². The van der Waals surface area contributed by atoms with Gasteiger partial charge in [-0.05, 0) is 80.0 Å². The van der Waals surface area contributed by atoms with Crippen molar-refractivity contribution in [2.24, 2.45) is 17.8 Å². The lowest BCUT2D eigenvalue weighted by molar-refractivity contribution is -0.127. The molecular weight excluding hydrogens is 476 g/mol. The number of nitrogens with zero attached hydrogens (tertiary/aromatic N) is 2. The Bertz CT molecular complexity index is 1390. The molecule has 4 aliphatic carbocycles. The van der Waals surface area contributed by atoms with Gasteiger partial charge >= 0.3 is 0 Å². The molecule has 7 nitrogen and oxygen atoms in total. The highest BCUT2D eigenvalue weighted by Crippen LogP contribution is 2.55. The maximum absolute atomic E-state index is 13.6. The molecule has 0 radical (unpaired) electrons. The third-order valence-electron chi connectivity index (χ3n) is 9.42. The Hall–Kier alpha value is -3.61. The number of fused-ring (bicyclic) bond motifs is 2. The number of rotatable bonds is 5. The molecule has 2 aromatic carbocycles. The molecule has 1 aliphatic heterocycles. The van der Waals surface area contributed by atoms with E-state index in [-0.39, 0.29) is 29.8 Å². The van der Waals surface area contributed by atoms with Crippen LogP contribution in [0.1, 0.15) is 64.8 Å². The number of aromatic amines is 1. The van der Waals surface area contributed by atoms with Crippen molar-refractivity contribution in [1.82, 2.24) is 20.1 Å². The molecule has 0 spiro atoms. The molecule has 196 valence electrons. The molecule has 0 atom stereocenters. The zero-order chi connectivity index (χ0) is 25.9. The molecule has 4 fully saturated rings. The fourth-order valence-corrected chi connectivity index (χ4v) is 8.18. The second-order valence-electron chi connectivity index (χ2n) is 12.1. The Morgan fingerprint density at radius 2 is 1.42 bits per heavy atom. The van der Waals surface area contributed by atoms with Crippen LogP contribution in [-0.2, 0) is 11.3 Å². The summed E-state index contributed by atoms with van der Waals surface area (Å²) < 4.78 is 0. The number of hydrogen-bond acceptors (Lipinski definition) is 3. The van der Waals surface area contributed by atoms with E-state index in [0.29, 0.717) is 30.8 Å². The van der Waals surface area contributed by atoms with Gasteiger partial charge < -0.3 is 20.1 Å². The molecule has 7 heteroatoms. The number of H-pyrrole nitrogens is 1. The molecule has 4 saturated carbocycles. The van der Waals surface area contributed by atoms with Crippen LogP contribution in [0.3, 0.4) is 0 Å². The van der Waals surface area contributed by atoms with Gasteiger partial charge in [0.15, 0.2) is 0 Å².